The number of pyridine rings is 1. The number of ether oxygens (including phenoxy) is 1. The zero-order valence-electron chi connectivity index (χ0n) is 15.8. The Morgan fingerprint density at radius 1 is 1.12 bits per heavy atom. The molecule has 144 valence electrons. The van der Waals surface area contributed by atoms with Gasteiger partial charge in [0.05, 0.1) is 0 Å². The van der Waals surface area contributed by atoms with Gasteiger partial charge in [0.15, 0.2) is 5.96 Å². The molecule has 1 aromatic heterocycles. The standard InChI is InChI=1S/C18H33N5O.HI/c1-16(2)15-24-14-8-13-23-18(19-3)22-12-7-6-11-21-17-9-4-5-10-20-17;/h4-5,9-10,16H,6-8,11-15H2,1-3H3,(H,20,21)(H2,19,22,23);1H. The smallest absolute Gasteiger partial charge is 0.190 e. The predicted octanol–water partition coefficient (Wildman–Crippen LogP) is 3.12. The van der Waals surface area contributed by atoms with Gasteiger partial charge in [0, 0.05) is 46.1 Å². The van der Waals surface area contributed by atoms with Crippen molar-refractivity contribution in [1.29, 1.82) is 0 Å². The molecule has 6 nitrogen and oxygen atoms in total. The van der Waals surface area contributed by atoms with Crippen molar-refractivity contribution in [2.45, 2.75) is 33.1 Å². The second-order valence-corrected chi connectivity index (χ2v) is 6.10. The van der Waals surface area contributed by atoms with Gasteiger partial charge in [-0.3, -0.25) is 4.99 Å². The molecule has 0 saturated carbocycles. The summed E-state index contributed by atoms with van der Waals surface area (Å²) in [5, 5.41) is 9.95. The SMILES string of the molecule is CN=C(NCCCCNc1ccccn1)NCCCOCC(C)C.I. The quantitative estimate of drug-likeness (QED) is 0.192. The lowest BCUT2D eigenvalue weighted by molar-refractivity contribution is 0.108. The summed E-state index contributed by atoms with van der Waals surface area (Å²) in [6.07, 6.45) is 4.95. The number of hydrogen-bond donors (Lipinski definition) is 3. The molecule has 0 radical (unpaired) electrons. The van der Waals surface area contributed by atoms with E-state index in [1.54, 1.807) is 13.2 Å². The second-order valence-electron chi connectivity index (χ2n) is 6.10. The fourth-order valence-corrected chi connectivity index (χ4v) is 2.06. The highest BCUT2D eigenvalue weighted by Crippen LogP contribution is 2.00. The summed E-state index contributed by atoms with van der Waals surface area (Å²) >= 11 is 0. The summed E-state index contributed by atoms with van der Waals surface area (Å²) in [6.45, 7) is 8.66. The van der Waals surface area contributed by atoms with Gasteiger partial charge in [-0.05, 0) is 37.3 Å². The van der Waals surface area contributed by atoms with Crippen LogP contribution in [0.1, 0.15) is 33.1 Å². The molecule has 1 rings (SSSR count). The fourth-order valence-electron chi connectivity index (χ4n) is 2.06. The first-order valence-electron chi connectivity index (χ1n) is 8.89. The van der Waals surface area contributed by atoms with Crippen LogP contribution in [0.15, 0.2) is 29.4 Å². The van der Waals surface area contributed by atoms with E-state index < -0.39 is 0 Å². The number of nitrogens with one attached hydrogen (secondary N) is 3. The topological polar surface area (TPSA) is 70.6 Å². The van der Waals surface area contributed by atoms with Gasteiger partial charge in [0.2, 0.25) is 0 Å². The van der Waals surface area contributed by atoms with Crippen molar-refractivity contribution >= 4 is 35.8 Å². The van der Waals surface area contributed by atoms with Crippen LogP contribution in [-0.4, -0.2) is 50.8 Å². The van der Waals surface area contributed by atoms with Crippen molar-refractivity contribution < 1.29 is 4.74 Å². The molecule has 0 aliphatic heterocycles. The van der Waals surface area contributed by atoms with E-state index in [4.69, 9.17) is 4.74 Å². The highest BCUT2D eigenvalue weighted by molar-refractivity contribution is 14.0. The van der Waals surface area contributed by atoms with E-state index in [9.17, 15) is 0 Å². The van der Waals surface area contributed by atoms with Crippen molar-refractivity contribution in [1.82, 2.24) is 15.6 Å². The molecule has 1 heterocycles. The van der Waals surface area contributed by atoms with Gasteiger partial charge >= 0.3 is 0 Å². The number of aromatic nitrogens is 1. The summed E-state index contributed by atoms with van der Waals surface area (Å²) in [5.74, 6) is 2.39. The summed E-state index contributed by atoms with van der Waals surface area (Å²) in [4.78, 5) is 8.46. The number of unbranched alkanes of at least 4 members (excludes halogenated alkanes) is 1. The molecule has 3 N–H and O–H groups in total. The van der Waals surface area contributed by atoms with Crippen molar-refractivity contribution in [2.24, 2.45) is 10.9 Å². The molecule has 7 heteroatoms. The molecule has 0 bridgehead atoms. The van der Waals surface area contributed by atoms with Gasteiger partial charge in [-0.15, -0.1) is 24.0 Å². The van der Waals surface area contributed by atoms with E-state index in [1.807, 2.05) is 18.2 Å². The van der Waals surface area contributed by atoms with Crippen LogP contribution >= 0.6 is 24.0 Å². The van der Waals surface area contributed by atoms with E-state index in [0.717, 1.165) is 63.9 Å². The molecule has 0 amide bonds. The van der Waals surface area contributed by atoms with E-state index in [2.05, 4.69) is 39.8 Å². The number of guanidine groups is 1. The van der Waals surface area contributed by atoms with Crippen molar-refractivity contribution in [3.05, 3.63) is 24.4 Å². The second kappa shape index (κ2) is 16.4. The van der Waals surface area contributed by atoms with Gasteiger partial charge in [-0.1, -0.05) is 19.9 Å². The van der Waals surface area contributed by atoms with Gasteiger partial charge in [0.1, 0.15) is 5.82 Å². The minimum atomic E-state index is 0. The normalized spacial score (nSPS) is 11.1. The van der Waals surface area contributed by atoms with Crippen molar-refractivity contribution in [3.63, 3.8) is 0 Å². The van der Waals surface area contributed by atoms with Crippen LogP contribution in [0.25, 0.3) is 0 Å². The van der Waals surface area contributed by atoms with E-state index in [-0.39, 0.29) is 24.0 Å². The molecule has 1 aromatic rings. The Hall–Kier alpha value is -1.09. The molecule has 0 atom stereocenters. The fraction of sp³-hybridized carbons (Fsp3) is 0.667. The molecular formula is C18H34IN5O. The molecule has 0 aliphatic carbocycles. The third-order valence-corrected chi connectivity index (χ3v) is 3.30. The van der Waals surface area contributed by atoms with Crippen LogP contribution in [0.5, 0.6) is 0 Å². The maximum Gasteiger partial charge on any atom is 0.190 e. The van der Waals surface area contributed by atoms with Gasteiger partial charge < -0.3 is 20.7 Å². The van der Waals surface area contributed by atoms with Gasteiger partial charge in [-0.25, -0.2) is 4.98 Å². The molecule has 0 aromatic carbocycles. The monoisotopic (exact) mass is 463 g/mol. The Labute approximate surface area is 169 Å². The number of hydrogen-bond acceptors (Lipinski definition) is 4. The first-order valence-corrected chi connectivity index (χ1v) is 8.89. The van der Waals surface area contributed by atoms with E-state index >= 15 is 0 Å². The van der Waals surface area contributed by atoms with E-state index in [1.165, 1.54) is 0 Å². The van der Waals surface area contributed by atoms with Crippen LogP contribution < -0.4 is 16.0 Å². The highest BCUT2D eigenvalue weighted by Gasteiger charge is 1.98. The number of anilines is 1. The molecule has 0 unspecified atom stereocenters. The zero-order valence-corrected chi connectivity index (χ0v) is 18.1. The van der Waals surface area contributed by atoms with Crippen molar-refractivity contribution in [2.75, 3.05) is 45.2 Å². The minimum Gasteiger partial charge on any atom is -0.381 e. The maximum absolute atomic E-state index is 5.56. The Kier molecular flexibility index (Phi) is 15.7. The largest absolute Gasteiger partial charge is 0.381 e. The third-order valence-electron chi connectivity index (χ3n) is 3.30. The van der Waals surface area contributed by atoms with Crippen LogP contribution in [0.4, 0.5) is 5.82 Å². The summed E-state index contributed by atoms with van der Waals surface area (Å²) in [6, 6.07) is 5.89. The van der Waals surface area contributed by atoms with Crippen molar-refractivity contribution in [3.8, 4) is 0 Å². The maximum atomic E-state index is 5.56. The molecular weight excluding hydrogens is 429 g/mol. The summed E-state index contributed by atoms with van der Waals surface area (Å²) in [5.41, 5.74) is 0. The number of halogens is 1. The lowest BCUT2D eigenvalue weighted by Crippen LogP contribution is -2.38. The lowest BCUT2D eigenvalue weighted by Gasteiger charge is -2.12. The number of nitrogens with zero attached hydrogens (tertiary/aromatic N) is 2. The van der Waals surface area contributed by atoms with Crippen LogP contribution in [0.3, 0.4) is 0 Å². The van der Waals surface area contributed by atoms with Gasteiger partial charge in [-0.2, -0.15) is 0 Å². The van der Waals surface area contributed by atoms with E-state index in [0.29, 0.717) is 5.92 Å². The first kappa shape index (κ1) is 23.9. The molecule has 25 heavy (non-hydrogen) atoms. The first-order chi connectivity index (χ1) is 11.7. The molecule has 0 fully saturated rings. The minimum absolute atomic E-state index is 0. The Bertz CT molecular complexity index is 442. The van der Waals surface area contributed by atoms with Crippen LogP contribution in [0.2, 0.25) is 0 Å². The van der Waals surface area contributed by atoms with Gasteiger partial charge in [0.25, 0.3) is 0 Å². The summed E-state index contributed by atoms with van der Waals surface area (Å²) < 4.78 is 5.56. The molecule has 0 saturated heterocycles. The average molecular weight is 463 g/mol. The third kappa shape index (κ3) is 13.8. The Balaban J connectivity index is 0.00000576. The Morgan fingerprint density at radius 3 is 2.48 bits per heavy atom. The highest BCUT2D eigenvalue weighted by atomic mass is 127. The lowest BCUT2D eigenvalue weighted by atomic mass is 10.2. The summed E-state index contributed by atoms with van der Waals surface area (Å²) in [7, 11) is 1.80. The van der Waals surface area contributed by atoms with Crippen LogP contribution in [-0.2, 0) is 4.74 Å². The Morgan fingerprint density at radius 2 is 1.84 bits per heavy atom. The number of rotatable bonds is 12. The zero-order chi connectivity index (χ0) is 17.5. The predicted molar refractivity (Wildman–Crippen MR) is 117 cm³/mol. The molecule has 0 aliphatic rings. The average Bonchev–Trinajstić information content (AvgIpc) is 2.59. The molecule has 0 spiro atoms. The van der Waals surface area contributed by atoms with Crippen LogP contribution in [0, 0.1) is 5.92 Å². The number of aliphatic imine (C=N–C) groups is 1.